The van der Waals surface area contributed by atoms with Crippen LogP contribution in [0.15, 0.2) is 72.8 Å². The van der Waals surface area contributed by atoms with Crippen molar-refractivity contribution in [3.63, 3.8) is 0 Å². The summed E-state index contributed by atoms with van der Waals surface area (Å²) in [6.45, 7) is 1.81. The number of carbonyl (C=O) groups is 2. The maximum Gasteiger partial charge on any atom is 0.224 e. The van der Waals surface area contributed by atoms with E-state index in [1.807, 2.05) is 53.4 Å². The summed E-state index contributed by atoms with van der Waals surface area (Å²) in [6, 6.07) is 24.0. The lowest BCUT2D eigenvalue weighted by Gasteiger charge is -2.33. The van der Waals surface area contributed by atoms with Gasteiger partial charge in [0.05, 0.1) is 18.1 Å². The molecule has 3 aromatic carbocycles. The van der Waals surface area contributed by atoms with Gasteiger partial charge in [-0.2, -0.15) is 0 Å². The minimum absolute atomic E-state index is 0.0758. The van der Waals surface area contributed by atoms with Crippen molar-refractivity contribution >= 4 is 22.8 Å². The Hall–Kier alpha value is -4.17. The number of nitrogens with zero attached hydrogens (tertiary/aromatic N) is 3. The molecule has 2 amide bonds. The van der Waals surface area contributed by atoms with Gasteiger partial charge in [-0.15, -0.1) is 0 Å². The monoisotopic (exact) mass is 539 g/mol. The van der Waals surface area contributed by atoms with Crippen LogP contribution in [0.5, 0.6) is 5.75 Å². The number of ether oxygens (including phenoxy) is 1. The zero-order valence-electron chi connectivity index (χ0n) is 23.0. The summed E-state index contributed by atoms with van der Waals surface area (Å²) < 4.78 is 7.34. The van der Waals surface area contributed by atoms with Gasteiger partial charge in [-0.05, 0) is 60.2 Å². The van der Waals surface area contributed by atoms with Crippen molar-refractivity contribution in [1.82, 2.24) is 14.5 Å². The van der Waals surface area contributed by atoms with Crippen molar-refractivity contribution in [2.45, 2.75) is 50.6 Å². The van der Waals surface area contributed by atoms with Gasteiger partial charge in [0.25, 0.3) is 0 Å². The van der Waals surface area contributed by atoms with Gasteiger partial charge in [0.2, 0.25) is 11.8 Å². The van der Waals surface area contributed by atoms with Gasteiger partial charge in [-0.1, -0.05) is 48.5 Å². The highest BCUT2D eigenvalue weighted by molar-refractivity contribution is 5.78. The molecule has 0 aliphatic carbocycles. The molecule has 4 N–H and O–H groups in total. The van der Waals surface area contributed by atoms with Crippen LogP contribution in [-0.2, 0) is 22.6 Å². The number of likely N-dealkylation sites (tertiary alicyclic amines) is 1. The van der Waals surface area contributed by atoms with E-state index in [2.05, 4.69) is 28.8 Å². The maximum absolute atomic E-state index is 13.3. The lowest BCUT2D eigenvalue weighted by Crippen LogP contribution is -2.42. The second kappa shape index (κ2) is 12.3. The molecule has 1 fully saturated rings. The average Bonchev–Trinajstić information content (AvgIpc) is 3.35. The highest BCUT2D eigenvalue weighted by Gasteiger charge is 2.29. The molecule has 0 bridgehead atoms. The van der Waals surface area contributed by atoms with Crippen LogP contribution in [0.4, 0.5) is 0 Å². The van der Waals surface area contributed by atoms with Gasteiger partial charge >= 0.3 is 0 Å². The number of rotatable bonds is 10. The minimum atomic E-state index is -0.339. The summed E-state index contributed by atoms with van der Waals surface area (Å²) >= 11 is 0. The first kappa shape index (κ1) is 27.4. The second-order valence-electron chi connectivity index (χ2n) is 10.6. The number of aromatic nitrogens is 2. The number of para-hydroxylation sites is 2. The van der Waals surface area contributed by atoms with Crippen molar-refractivity contribution in [3.8, 4) is 16.9 Å². The molecule has 5 rings (SSSR count). The van der Waals surface area contributed by atoms with E-state index < -0.39 is 0 Å². The van der Waals surface area contributed by atoms with Crippen molar-refractivity contribution in [1.29, 1.82) is 0 Å². The van der Waals surface area contributed by atoms with Crippen LogP contribution in [0.1, 0.15) is 43.0 Å². The molecule has 1 saturated heterocycles. The van der Waals surface area contributed by atoms with Crippen molar-refractivity contribution in [3.05, 3.63) is 84.2 Å². The zero-order chi connectivity index (χ0) is 28.1. The quantitative estimate of drug-likeness (QED) is 0.312. The fourth-order valence-electron chi connectivity index (χ4n) is 5.62. The standard InChI is InChI=1S/C32H37N5O3/c1-40-27-14-12-24(13-15-27)23-10-8-22(9-11-23)19-26(33)20-31(39)36-17-4-5-25(21-36)32-35-28-6-2-3-7-29(28)37(32)18-16-30(34)38/h2-3,6-15,25-26H,4-5,16-21,33H2,1H3,(H2,34,38)/t25-,26-/m1/s1. The Morgan fingerprint density at radius 1 is 1.02 bits per heavy atom. The largest absolute Gasteiger partial charge is 0.497 e. The summed E-state index contributed by atoms with van der Waals surface area (Å²) in [5.74, 6) is 1.58. The molecule has 1 aliphatic rings. The number of primary amides is 1. The van der Waals surface area contributed by atoms with E-state index in [0.717, 1.165) is 58.7 Å². The molecule has 0 radical (unpaired) electrons. The van der Waals surface area contributed by atoms with E-state index in [1.54, 1.807) is 7.11 Å². The summed E-state index contributed by atoms with van der Waals surface area (Å²) in [5.41, 5.74) is 17.1. The first-order valence-corrected chi connectivity index (χ1v) is 13.9. The molecule has 8 heteroatoms. The molecule has 4 aromatic rings. The fourth-order valence-corrected chi connectivity index (χ4v) is 5.62. The third-order valence-electron chi connectivity index (χ3n) is 7.72. The van der Waals surface area contributed by atoms with Crippen LogP contribution in [0.25, 0.3) is 22.2 Å². The summed E-state index contributed by atoms with van der Waals surface area (Å²) in [6.07, 6.45) is 3.02. The van der Waals surface area contributed by atoms with Gasteiger partial charge < -0.3 is 25.7 Å². The fraction of sp³-hybridized carbons (Fsp3) is 0.344. The number of carbonyl (C=O) groups excluding carboxylic acids is 2. The second-order valence-corrected chi connectivity index (χ2v) is 10.6. The number of benzene rings is 3. The molecule has 1 aliphatic heterocycles. The Balaban J connectivity index is 1.21. The molecular formula is C32H37N5O3. The van der Waals surface area contributed by atoms with E-state index >= 15 is 0 Å². The van der Waals surface area contributed by atoms with Crippen molar-refractivity contribution in [2.24, 2.45) is 11.5 Å². The number of hydrogen-bond acceptors (Lipinski definition) is 5. The first-order chi connectivity index (χ1) is 19.4. The third-order valence-corrected chi connectivity index (χ3v) is 7.72. The molecule has 0 unspecified atom stereocenters. The van der Waals surface area contributed by atoms with Gasteiger partial charge in [-0.25, -0.2) is 4.98 Å². The summed E-state index contributed by atoms with van der Waals surface area (Å²) in [4.78, 5) is 31.6. The van der Waals surface area contributed by atoms with Gasteiger partial charge in [0.1, 0.15) is 11.6 Å². The molecule has 40 heavy (non-hydrogen) atoms. The van der Waals surface area contributed by atoms with Crippen LogP contribution in [0.2, 0.25) is 0 Å². The zero-order valence-corrected chi connectivity index (χ0v) is 23.0. The molecule has 2 heterocycles. The Morgan fingerprint density at radius 3 is 2.42 bits per heavy atom. The molecule has 0 saturated carbocycles. The van der Waals surface area contributed by atoms with Crippen molar-refractivity contribution in [2.75, 3.05) is 20.2 Å². The van der Waals surface area contributed by atoms with Crippen LogP contribution in [0, 0.1) is 0 Å². The molecule has 0 spiro atoms. The number of aryl methyl sites for hydroxylation is 1. The smallest absolute Gasteiger partial charge is 0.224 e. The topological polar surface area (TPSA) is 116 Å². The SMILES string of the molecule is COc1ccc(-c2ccc(C[C@@H](N)CC(=O)N3CCC[C@@H](c4nc5ccccc5n4CCC(N)=O)C3)cc2)cc1. The number of hydrogen-bond donors (Lipinski definition) is 2. The number of nitrogens with two attached hydrogens (primary N) is 2. The lowest BCUT2D eigenvalue weighted by atomic mass is 9.95. The Bertz CT molecular complexity index is 1460. The Kier molecular flexibility index (Phi) is 8.45. The number of fused-ring (bicyclic) bond motifs is 1. The van der Waals surface area contributed by atoms with E-state index in [1.165, 1.54) is 0 Å². The molecule has 1 aromatic heterocycles. The lowest BCUT2D eigenvalue weighted by molar-refractivity contribution is -0.132. The summed E-state index contributed by atoms with van der Waals surface area (Å²) in [7, 11) is 1.66. The van der Waals surface area contributed by atoms with E-state index in [-0.39, 0.29) is 30.2 Å². The molecule has 208 valence electrons. The maximum atomic E-state index is 13.3. The van der Waals surface area contributed by atoms with Crippen LogP contribution in [0.3, 0.4) is 0 Å². The number of methoxy groups -OCH3 is 1. The van der Waals surface area contributed by atoms with Gasteiger partial charge in [-0.3, -0.25) is 9.59 Å². The third kappa shape index (κ3) is 6.34. The average molecular weight is 540 g/mol. The normalized spacial score (nSPS) is 16.1. The number of amides is 2. The predicted molar refractivity (Wildman–Crippen MR) is 157 cm³/mol. The van der Waals surface area contributed by atoms with Crippen LogP contribution >= 0.6 is 0 Å². The van der Waals surface area contributed by atoms with Crippen LogP contribution in [-0.4, -0.2) is 52.5 Å². The Morgan fingerprint density at radius 2 is 1.73 bits per heavy atom. The summed E-state index contributed by atoms with van der Waals surface area (Å²) in [5, 5.41) is 0. The predicted octanol–water partition coefficient (Wildman–Crippen LogP) is 4.25. The van der Waals surface area contributed by atoms with Crippen LogP contribution < -0.4 is 16.2 Å². The van der Waals surface area contributed by atoms with Gasteiger partial charge in [0.15, 0.2) is 0 Å². The number of piperidine rings is 1. The van der Waals surface area contributed by atoms with E-state index in [0.29, 0.717) is 25.9 Å². The highest BCUT2D eigenvalue weighted by Crippen LogP contribution is 2.30. The molecular weight excluding hydrogens is 502 g/mol. The highest BCUT2D eigenvalue weighted by atomic mass is 16.5. The minimum Gasteiger partial charge on any atom is -0.497 e. The molecule has 8 nitrogen and oxygen atoms in total. The van der Waals surface area contributed by atoms with Gasteiger partial charge in [0, 0.05) is 44.4 Å². The van der Waals surface area contributed by atoms with E-state index in [4.69, 9.17) is 21.2 Å². The first-order valence-electron chi connectivity index (χ1n) is 13.9. The molecule has 2 atom stereocenters. The Labute approximate surface area is 234 Å². The van der Waals surface area contributed by atoms with E-state index in [9.17, 15) is 9.59 Å². The van der Waals surface area contributed by atoms with Crippen molar-refractivity contribution < 1.29 is 14.3 Å². The number of imidazole rings is 1.